The number of benzene rings is 4. The van der Waals surface area contributed by atoms with E-state index in [0.29, 0.717) is 23.7 Å². The van der Waals surface area contributed by atoms with Crippen LogP contribution in [0.25, 0.3) is 22.3 Å². The van der Waals surface area contributed by atoms with E-state index >= 15 is 0 Å². The van der Waals surface area contributed by atoms with E-state index in [1.165, 1.54) is 0 Å². The molecule has 0 bridgehead atoms. The Labute approximate surface area is 253 Å². The second kappa shape index (κ2) is 8.85. The van der Waals surface area contributed by atoms with E-state index in [1.54, 1.807) is 12.1 Å². The third-order valence-electron chi connectivity index (χ3n) is 10.3. The van der Waals surface area contributed by atoms with E-state index in [1.807, 2.05) is 72.8 Å². The van der Waals surface area contributed by atoms with Gasteiger partial charge in [0.15, 0.2) is 6.10 Å². The molecule has 7 nitrogen and oxygen atoms in total. The minimum atomic E-state index is -1.51. The molecule has 1 spiro atoms. The molecule has 8 heteroatoms. The lowest BCUT2D eigenvalue weighted by atomic mass is 9.62. The maximum absolute atomic E-state index is 14.1. The molecule has 43 heavy (non-hydrogen) atoms. The van der Waals surface area contributed by atoms with Gasteiger partial charge in [0.25, 0.3) is 5.54 Å². The smallest absolute Gasteiger partial charge is 0.286 e. The maximum Gasteiger partial charge on any atom is 0.286 e. The van der Waals surface area contributed by atoms with E-state index in [-0.39, 0.29) is 4.92 Å². The predicted octanol–water partition coefficient (Wildman–Crippen LogP) is 7.31. The van der Waals surface area contributed by atoms with Crippen molar-refractivity contribution in [2.24, 2.45) is 0 Å². The number of nitrogens with zero attached hydrogens (tertiary/aromatic N) is 4. The summed E-state index contributed by atoms with van der Waals surface area (Å²) >= 11 is 6.31. The second-order valence-electron chi connectivity index (χ2n) is 12.1. The van der Waals surface area contributed by atoms with Gasteiger partial charge in [0.05, 0.1) is 34.4 Å². The van der Waals surface area contributed by atoms with E-state index in [4.69, 9.17) is 26.3 Å². The van der Waals surface area contributed by atoms with Crippen molar-refractivity contribution in [3.8, 4) is 17.0 Å². The summed E-state index contributed by atoms with van der Waals surface area (Å²) < 4.78 is 6.79. The molecule has 212 valence electrons. The molecule has 3 aliphatic heterocycles. The molecule has 4 heterocycles. The summed E-state index contributed by atoms with van der Waals surface area (Å²) in [6, 6.07) is 31.0. The number of halogens is 1. The highest BCUT2D eigenvalue weighted by molar-refractivity contribution is 6.30. The van der Waals surface area contributed by atoms with E-state index in [0.717, 1.165) is 57.5 Å². The average Bonchev–Trinajstić information content (AvgIpc) is 3.49. The summed E-state index contributed by atoms with van der Waals surface area (Å²) in [5, 5.41) is 14.7. The second-order valence-corrected chi connectivity index (χ2v) is 12.5. The maximum atomic E-state index is 14.1. The standard InChI is InChI=1S/C35H27ClN4O3/c36-22-18-16-21(17-19-22)33-35(40(41)42)29-15-7-8-20-39(29)34(31(35)24-10-2-6-14-28(24)43-33)25-11-3-1-9-23(25)30-32(34)38-27-13-5-4-12-26(27)37-30/h1-6,9-14,16-19,29,31,33H,7-8,15,20H2/t29-,31+,33+,34+,35+/m0/s1. The molecule has 4 aliphatic rings. The summed E-state index contributed by atoms with van der Waals surface area (Å²) in [7, 11) is 0. The van der Waals surface area contributed by atoms with Gasteiger partial charge in [-0.15, -0.1) is 0 Å². The van der Waals surface area contributed by atoms with Gasteiger partial charge >= 0.3 is 0 Å². The van der Waals surface area contributed by atoms with Gasteiger partial charge in [-0.05, 0) is 60.8 Å². The van der Waals surface area contributed by atoms with Crippen molar-refractivity contribution in [1.29, 1.82) is 0 Å². The number of fused-ring (bicyclic) bond motifs is 13. The Morgan fingerprint density at radius 2 is 1.60 bits per heavy atom. The van der Waals surface area contributed by atoms with Gasteiger partial charge in [-0.1, -0.05) is 84.8 Å². The third-order valence-corrected chi connectivity index (χ3v) is 10.5. The molecule has 2 saturated heterocycles. The first-order valence-electron chi connectivity index (χ1n) is 14.9. The molecule has 0 amide bonds. The Bertz CT molecular complexity index is 1970. The highest BCUT2D eigenvalue weighted by Gasteiger charge is 2.82. The predicted molar refractivity (Wildman–Crippen MR) is 164 cm³/mol. The highest BCUT2D eigenvalue weighted by Crippen LogP contribution is 2.71. The summed E-state index contributed by atoms with van der Waals surface area (Å²) in [4.78, 5) is 27.1. The first-order valence-corrected chi connectivity index (χ1v) is 15.2. The van der Waals surface area contributed by atoms with Gasteiger partial charge < -0.3 is 4.74 Å². The summed E-state index contributed by atoms with van der Waals surface area (Å²) in [6.45, 7) is 0.717. The minimum absolute atomic E-state index is 0.0142. The number of rotatable bonds is 2. The van der Waals surface area contributed by atoms with Crippen molar-refractivity contribution in [2.45, 2.75) is 48.4 Å². The fraction of sp³-hybridized carbons (Fsp3) is 0.257. The Kier molecular flexibility index (Phi) is 5.18. The van der Waals surface area contributed by atoms with Crippen LogP contribution in [0.3, 0.4) is 0 Å². The molecule has 4 aromatic carbocycles. The molecule has 1 aliphatic carbocycles. The number of ether oxygens (including phenoxy) is 1. The first-order chi connectivity index (χ1) is 21.1. The lowest BCUT2D eigenvalue weighted by Crippen LogP contribution is -2.60. The Balaban J connectivity index is 1.45. The summed E-state index contributed by atoms with van der Waals surface area (Å²) in [5.41, 5.74) is 4.42. The van der Waals surface area contributed by atoms with Crippen molar-refractivity contribution >= 4 is 22.6 Å². The normalized spacial score (nSPS) is 28.4. The molecule has 0 saturated carbocycles. The fourth-order valence-corrected chi connectivity index (χ4v) is 8.98. The average molecular weight is 587 g/mol. The molecule has 0 unspecified atom stereocenters. The van der Waals surface area contributed by atoms with E-state index in [2.05, 4.69) is 17.0 Å². The highest BCUT2D eigenvalue weighted by atomic mass is 35.5. The molecule has 0 N–H and O–H groups in total. The molecule has 2 fully saturated rings. The van der Waals surface area contributed by atoms with Crippen LogP contribution in [0.1, 0.15) is 53.7 Å². The molecule has 5 atom stereocenters. The Morgan fingerprint density at radius 3 is 2.42 bits per heavy atom. The summed E-state index contributed by atoms with van der Waals surface area (Å²) in [6.07, 6.45) is 1.71. The lowest BCUT2D eigenvalue weighted by molar-refractivity contribution is -0.592. The van der Waals surface area contributed by atoms with Crippen LogP contribution in [0, 0.1) is 10.1 Å². The van der Waals surface area contributed by atoms with Crippen molar-refractivity contribution in [2.75, 3.05) is 6.54 Å². The van der Waals surface area contributed by atoms with E-state index in [9.17, 15) is 10.1 Å². The largest absolute Gasteiger partial charge is 0.478 e. The van der Waals surface area contributed by atoms with Crippen LogP contribution in [0.5, 0.6) is 5.75 Å². The summed E-state index contributed by atoms with van der Waals surface area (Å²) in [5.74, 6) is 0.0745. The number of hydrogen-bond donors (Lipinski definition) is 0. The van der Waals surface area contributed by atoms with Crippen molar-refractivity contribution < 1.29 is 9.66 Å². The van der Waals surface area contributed by atoms with Gasteiger partial charge in [0.1, 0.15) is 11.3 Å². The van der Waals surface area contributed by atoms with E-state index < -0.39 is 29.1 Å². The zero-order chi connectivity index (χ0) is 28.9. The number of piperidine rings is 1. The molecule has 5 aromatic rings. The van der Waals surface area contributed by atoms with Crippen molar-refractivity contribution in [1.82, 2.24) is 14.9 Å². The quantitative estimate of drug-likeness (QED) is 0.159. The van der Waals surface area contributed by atoms with Crippen LogP contribution in [0.15, 0.2) is 97.1 Å². The van der Waals surface area contributed by atoms with Crippen LogP contribution < -0.4 is 4.74 Å². The topological polar surface area (TPSA) is 81.4 Å². The lowest BCUT2D eigenvalue weighted by Gasteiger charge is -2.44. The van der Waals surface area contributed by atoms with Gasteiger partial charge in [-0.3, -0.25) is 15.0 Å². The molecule has 1 aromatic heterocycles. The third kappa shape index (κ3) is 3.03. The molecule has 9 rings (SSSR count). The van der Waals surface area contributed by atoms with Crippen LogP contribution in [-0.4, -0.2) is 37.9 Å². The first kappa shape index (κ1) is 25.2. The number of hydrogen-bond acceptors (Lipinski definition) is 6. The Hall–Kier alpha value is -4.33. The van der Waals surface area contributed by atoms with Crippen molar-refractivity contribution in [3.63, 3.8) is 0 Å². The number of para-hydroxylation sites is 3. The zero-order valence-electron chi connectivity index (χ0n) is 23.2. The van der Waals surface area contributed by atoms with Crippen LogP contribution in [0.2, 0.25) is 5.02 Å². The number of nitro groups is 1. The van der Waals surface area contributed by atoms with Gasteiger partial charge in [-0.2, -0.15) is 0 Å². The van der Waals surface area contributed by atoms with Gasteiger partial charge in [0.2, 0.25) is 0 Å². The van der Waals surface area contributed by atoms with Crippen LogP contribution >= 0.6 is 11.6 Å². The van der Waals surface area contributed by atoms with Crippen LogP contribution in [0.4, 0.5) is 0 Å². The minimum Gasteiger partial charge on any atom is -0.478 e. The molecular weight excluding hydrogens is 560 g/mol. The molecular formula is C35H27ClN4O3. The zero-order valence-corrected chi connectivity index (χ0v) is 23.9. The fourth-order valence-electron chi connectivity index (χ4n) is 8.86. The SMILES string of the molecule is O=[N+]([O-])[C@@]12[C@@H](c3ccc(Cl)cc3)Oc3ccccc3[C@@H]1[C@@]1(c3ccccc3-c3nc4ccccc4nc31)N1CCCC[C@H]12. The van der Waals surface area contributed by atoms with Crippen molar-refractivity contribution in [3.05, 3.63) is 135 Å². The van der Waals surface area contributed by atoms with Gasteiger partial charge in [-0.25, -0.2) is 9.97 Å². The Morgan fingerprint density at radius 1 is 0.884 bits per heavy atom. The number of aromatic nitrogens is 2. The monoisotopic (exact) mass is 586 g/mol. The molecule has 0 radical (unpaired) electrons. The van der Waals surface area contributed by atoms with Crippen LogP contribution in [-0.2, 0) is 5.54 Å². The van der Waals surface area contributed by atoms with Gasteiger partial charge in [0, 0.05) is 21.1 Å².